The van der Waals surface area contributed by atoms with Crippen LogP contribution in [0.5, 0.6) is 0 Å². The first-order chi connectivity index (χ1) is 12.1. The average molecular weight is 368 g/mol. The number of halogens is 2. The molecule has 6 heteroatoms. The molecule has 0 fully saturated rings. The van der Waals surface area contributed by atoms with Crippen molar-refractivity contribution in [1.29, 1.82) is 0 Å². The molecule has 0 aliphatic heterocycles. The maximum Gasteiger partial charge on any atom is 0.257 e. The second-order valence-electron chi connectivity index (χ2n) is 5.46. The zero-order valence-electron chi connectivity index (χ0n) is 12.8. The predicted molar refractivity (Wildman–Crippen MR) is 101 cm³/mol. The number of benzene rings is 3. The van der Waals surface area contributed by atoms with E-state index in [2.05, 4.69) is 15.3 Å². The number of carbonyl (C=O) groups excluding carboxylic acids is 1. The van der Waals surface area contributed by atoms with Gasteiger partial charge in [-0.1, -0.05) is 41.4 Å². The Morgan fingerprint density at radius 3 is 2.36 bits per heavy atom. The van der Waals surface area contributed by atoms with Gasteiger partial charge in [-0.2, -0.15) is 0 Å². The molecule has 1 aromatic heterocycles. The fourth-order valence-corrected chi connectivity index (χ4v) is 2.95. The molecule has 25 heavy (non-hydrogen) atoms. The molecule has 0 unspecified atom stereocenters. The monoisotopic (exact) mass is 367 g/mol. The second kappa shape index (κ2) is 6.31. The van der Waals surface area contributed by atoms with Crippen LogP contribution in [0.15, 0.2) is 60.7 Å². The Morgan fingerprint density at radius 1 is 0.840 bits per heavy atom. The first-order valence-corrected chi connectivity index (χ1v) is 8.29. The van der Waals surface area contributed by atoms with Crippen molar-refractivity contribution in [2.45, 2.75) is 0 Å². The van der Waals surface area contributed by atoms with Crippen molar-refractivity contribution in [3.63, 3.8) is 0 Å². The Kier molecular flexibility index (Phi) is 3.99. The zero-order valence-corrected chi connectivity index (χ0v) is 14.3. The smallest absolute Gasteiger partial charge is 0.257 e. The molecule has 122 valence electrons. The molecule has 4 rings (SSSR count). The third-order valence-corrected chi connectivity index (χ3v) is 4.36. The number of rotatable bonds is 2. The fourth-order valence-electron chi connectivity index (χ4n) is 2.61. The normalized spacial score (nSPS) is 11.0. The van der Waals surface area contributed by atoms with Crippen LogP contribution in [0.25, 0.3) is 22.1 Å². The number of nitrogens with one attached hydrogen (secondary N) is 1. The number of carbonyl (C=O) groups is 1. The Balaban J connectivity index is 1.81. The molecule has 4 aromatic rings. The number of hydrogen-bond acceptors (Lipinski definition) is 3. The first kappa shape index (κ1) is 15.8. The summed E-state index contributed by atoms with van der Waals surface area (Å²) >= 11 is 12.1. The maximum atomic E-state index is 12.7. The minimum atomic E-state index is -0.320. The summed E-state index contributed by atoms with van der Waals surface area (Å²) < 4.78 is 0. The fraction of sp³-hybridized carbons (Fsp3) is 0. The number of anilines is 1. The molecule has 1 amide bonds. The van der Waals surface area contributed by atoms with Gasteiger partial charge in [0.1, 0.15) is 5.52 Å². The van der Waals surface area contributed by atoms with E-state index in [4.69, 9.17) is 23.2 Å². The molecular weight excluding hydrogens is 357 g/mol. The summed E-state index contributed by atoms with van der Waals surface area (Å²) in [6.45, 7) is 0. The predicted octanol–water partition coefficient (Wildman–Crippen LogP) is 5.34. The van der Waals surface area contributed by atoms with E-state index in [-0.39, 0.29) is 5.91 Å². The topological polar surface area (TPSA) is 54.9 Å². The van der Waals surface area contributed by atoms with Crippen molar-refractivity contribution in [2.75, 3.05) is 5.32 Å². The molecule has 3 aromatic carbocycles. The second-order valence-corrected chi connectivity index (χ2v) is 6.31. The lowest BCUT2D eigenvalue weighted by Gasteiger charge is -2.10. The van der Waals surface area contributed by atoms with Gasteiger partial charge in [-0.05, 0) is 42.5 Å². The van der Waals surface area contributed by atoms with Gasteiger partial charge in [0, 0.05) is 5.02 Å². The summed E-state index contributed by atoms with van der Waals surface area (Å²) in [7, 11) is 0. The average Bonchev–Trinajstić information content (AvgIpc) is 2.62. The van der Waals surface area contributed by atoms with Crippen molar-refractivity contribution in [3.8, 4) is 0 Å². The summed E-state index contributed by atoms with van der Waals surface area (Å²) in [6.07, 6.45) is 0. The highest BCUT2D eigenvalue weighted by Gasteiger charge is 2.14. The molecule has 0 aliphatic rings. The number of para-hydroxylation sites is 3. The SMILES string of the molecule is O=C(Nc1cc(Cl)ccc1Cl)c1cccc2nc3ccccc3nc12. The van der Waals surface area contributed by atoms with Gasteiger partial charge in [0.15, 0.2) is 0 Å². The molecule has 0 bridgehead atoms. The van der Waals surface area contributed by atoms with Crippen LogP contribution in [0.3, 0.4) is 0 Å². The Labute approximate surface area is 153 Å². The van der Waals surface area contributed by atoms with Gasteiger partial charge in [-0.15, -0.1) is 0 Å². The minimum Gasteiger partial charge on any atom is -0.321 e. The molecule has 0 atom stereocenters. The van der Waals surface area contributed by atoms with Gasteiger partial charge in [-0.3, -0.25) is 4.79 Å². The highest BCUT2D eigenvalue weighted by molar-refractivity contribution is 6.36. The highest BCUT2D eigenvalue weighted by atomic mass is 35.5. The molecular formula is C19H11Cl2N3O. The van der Waals surface area contributed by atoms with Crippen LogP contribution in [0.4, 0.5) is 5.69 Å². The van der Waals surface area contributed by atoms with Crippen LogP contribution in [0.1, 0.15) is 10.4 Å². The molecule has 1 heterocycles. The third kappa shape index (κ3) is 3.02. The molecule has 0 saturated heterocycles. The van der Waals surface area contributed by atoms with Gasteiger partial charge < -0.3 is 5.32 Å². The Bertz CT molecular complexity index is 1130. The largest absolute Gasteiger partial charge is 0.321 e. The number of nitrogens with zero attached hydrogens (tertiary/aromatic N) is 2. The van der Waals surface area contributed by atoms with Gasteiger partial charge >= 0.3 is 0 Å². The maximum absolute atomic E-state index is 12.7. The standard InChI is InChI=1S/C19H11Cl2N3O/c20-11-8-9-13(21)17(10-11)24-19(25)12-4-3-7-16-18(12)23-15-6-2-1-5-14(15)22-16/h1-10H,(H,24,25). The Morgan fingerprint density at radius 2 is 1.56 bits per heavy atom. The van der Waals surface area contributed by atoms with Crippen LogP contribution in [0, 0.1) is 0 Å². The first-order valence-electron chi connectivity index (χ1n) is 7.54. The quantitative estimate of drug-likeness (QED) is 0.486. The minimum absolute atomic E-state index is 0.320. The van der Waals surface area contributed by atoms with E-state index in [0.717, 1.165) is 11.0 Å². The summed E-state index contributed by atoms with van der Waals surface area (Å²) in [5.74, 6) is -0.320. The van der Waals surface area contributed by atoms with E-state index in [1.165, 1.54) is 0 Å². The molecule has 0 saturated carbocycles. The van der Waals surface area contributed by atoms with Crippen molar-refractivity contribution < 1.29 is 4.79 Å². The number of aromatic nitrogens is 2. The van der Waals surface area contributed by atoms with Crippen molar-refractivity contribution in [1.82, 2.24) is 9.97 Å². The van der Waals surface area contributed by atoms with Crippen LogP contribution >= 0.6 is 23.2 Å². The van der Waals surface area contributed by atoms with E-state index >= 15 is 0 Å². The van der Waals surface area contributed by atoms with Crippen LogP contribution in [-0.4, -0.2) is 15.9 Å². The molecule has 1 N–H and O–H groups in total. The molecule has 0 spiro atoms. The van der Waals surface area contributed by atoms with Crippen LogP contribution < -0.4 is 5.32 Å². The zero-order chi connectivity index (χ0) is 17.4. The lowest BCUT2D eigenvalue weighted by Crippen LogP contribution is -2.13. The van der Waals surface area contributed by atoms with Crippen LogP contribution in [0.2, 0.25) is 10.0 Å². The van der Waals surface area contributed by atoms with Crippen molar-refractivity contribution in [2.24, 2.45) is 0 Å². The molecule has 0 aliphatic carbocycles. The summed E-state index contributed by atoms with van der Waals surface area (Å²) in [4.78, 5) is 21.9. The van der Waals surface area contributed by atoms with Gasteiger partial charge in [0.2, 0.25) is 0 Å². The summed E-state index contributed by atoms with van der Waals surface area (Å²) in [6, 6.07) is 17.8. The number of hydrogen-bond donors (Lipinski definition) is 1. The highest BCUT2D eigenvalue weighted by Crippen LogP contribution is 2.27. The lowest BCUT2D eigenvalue weighted by molar-refractivity contribution is 0.102. The summed E-state index contributed by atoms with van der Waals surface area (Å²) in [5, 5.41) is 3.69. The van der Waals surface area contributed by atoms with Crippen molar-refractivity contribution >= 4 is 56.9 Å². The van der Waals surface area contributed by atoms with Crippen LogP contribution in [-0.2, 0) is 0 Å². The van der Waals surface area contributed by atoms with Gasteiger partial charge in [0.25, 0.3) is 5.91 Å². The van der Waals surface area contributed by atoms with E-state index in [9.17, 15) is 4.79 Å². The lowest BCUT2D eigenvalue weighted by atomic mass is 10.1. The van der Waals surface area contributed by atoms with E-state index in [1.54, 1.807) is 30.3 Å². The van der Waals surface area contributed by atoms with E-state index in [1.807, 2.05) is 30.3 Å². The molecule has 4 nitrogen and oxygen atoms in total. The molecule has 0 radical (unpaired) electrons. The number of amides is 1. The third-order valence-electron chi connectivity index (χ3n) is 3.79. The van der Waals surface area contributed by atoms with Gasteiger partial charge in [0.05, 0.1) is 32.8 Å². The van der Waals surface area contributed by atoms with Crippen molar-refractivity contribution in [3.05, 3.63) is 76.3 Å². The van der Waals surface area contributed by atoms with E-state index < -0.39 is 0 Å². The number of fused-ring (bicyclic) bond motifs is 2. The Hall–Kier alpha value is -2.69. The summed E-state index contributed by atoms with van der Waals surface area (Å²) in [5.41, 5.74) is 3.58. The van der Waals surface area contributed by atoms with Gasteiger partial charge in [-0.25, -0.2) is 9.97 Å². The van der Waals surface area contributed by atoms with E-state index in [0.29, 0.717) is 32.3 Å².